The van der Waals surface area contributed by atoms with E-state index in [0.717, 1.165) is 0 Å². The Morgan fingerprint density at radius 2 is 0.290 bits per heavy atom. The Morgan fingerprint density at radius 3 is 0.290 bits per heavy atom. The third-order valence-electron chi connectivity index (χ3n) is 0. The van der Waals surface area contributed by atoms with Crippen LogP contribution >= 0.6 is 0 Å². The van der Waals surface area contributed by atoms with E-state index in [4.69, 9.17) is 70.3 Å². The molecule has 0 amide bonds. The quantitative estimate of drug-likeness (QED) is 0.210. The first kappa shape index (κ1) is 120. The predicted octanol–water partition coefficient (Wildman–Crippen LogP) is -16.4. The number of rotatable bonds is 0. The topological polar surface area (TPSA) is 466 Å². The monoisotopic (exact) mass is 711 g/mol. The molecule has 3 radical (unpaired) electrons. The molecule has 0 atom stereocenters. The van der Waals surface area contributed by atoms with E-state index in [0.29, 0.717) is 0 Å². The van der Waals surface area contributed by atoms with Gasteiger partial charge >= 0.3 is 103 Å². The van der Waals surface area contributed by atoms with Crippen molar-refractivity contribution in [1.29, 1.82) is 0 Å². The van der Waals surface area contributed by atoms with E-state index < -0.39 is 45.9 Å². The molecular weight excluding hydrogens is 706 g/mol. The van der Waals surface area contributed by atoms with Crippen molar-refractivity contribution in [3.8, 4) is 0 Å². The third-order valence-corrected chi connectivity index (χ3v) is 0. The van der Waals surface area contributed by atoms with Gasteiger partial charge in [0.15, 0.2) is 0 Å². The van der Waals surface area contributed by atoms with Gasteiger partial charge in [-0.05, 0) is 0 Å². The van der Waals surface area contributed by atoms with Crippen LogP contribution in [-0.4, -0.2) is 125 Å². The van der Waals surface area contributed by atoms with Gasteiger partial charge in [-0.25, -0.2) is 0 Å². The summed E-state index contributed by atoms with van der Waals surface area (Å²) in [5.74, 6) is 0. The van der Waals surface area contributed by atoms with Gasteiger partial charge in [0.1, 0.15) is 0 Å². The molecule has 31 heteroatoms. The van der Waals surface area contributed by atoms with Crippen LogP contribution in [0.1, 0.15) is 0 Å². The van der Waals surface area contributed by atoms with E-state index >= 15 is 0 Å². The summed E-state index contributed by atoms with van der Waals surface area (Å²) in [5.41, 5.74) is 0. The maximum Gasteiger partial charge on any atom is 3.00 e. The summed E-state index contributed by atoms with van der Waals surface area (Å²) in [6.45, 7) is 0. The Kier molecular flexibility index (Phi) is 421. The normalized spacial score (nSPS) is 3.87. The Bertz CT molecular complexity index is 231. The van der Waals surface area contributed by atoms with Gasteiger partial charge in [-0.3, -0.25) is 0 Å². The van der Waals surface area contributed by atoms with Crippen LogP contribution in [0.15, 0.2) is 0 Å². The molecule has 0 bridgehead atoms. The van der Waals surface area contributed by atoms with Crippen molar-refractivity contribution in [3.05, 3.63) is 0 Å². The molecule has 0 rings (SSSR count). The van der Waals surface area contributed by atoms with E-state index in [2.05, 4.69) is 0 Å². The molecule has 0 unspecified atom stereocenters. The second-order valence-corrected chi connectivity index (χ2v) is 3.75. The zero-order valence-electron chi connectivity index (χ0n) is 13.7. The first-order valence-electron chi connectivity index (χ1n) is 3.06. The standard InChI is InChI=1S/3Al.3Mn.5O3Si.5H2O/c;;;;;;5*1-4(2)3;;;;;/h;;;;;;;;;;;5*1H2/q3*+3;3*+2;5*-2;;;;;/p-5. The first-order chi connectivity index (χ1) is 8.66. The fourth-order valence-corrected chi connectivity index (χ4v) is 0. The van der Waals surface area contributed by atoms with E-state index in [1.165, 1.54) is 0 Å². The largest absolute Gasteiger partial charge is 3.00 e. The summed E-state index contributed by atoms with van der Waals surface area (Å²) in [4.78, 5) is 85.2. The first-order valence-corrected chi connectivity index (χ1v) is 9.19. The fourth-order valence-electron chi connectivity index (χ4n) is 0. The van der Waals surface area contributed by atoms with Crippen LogP contribution in [-0.2, 0) is 73.5 Å². The van der Waals surface area contributed by atoms with Gasteiger partial charge in [0.25, 0.3) is 0 Å². The molecule has 175 valence electrons. The molecule has 0 aliphatic carbocycles. The molecule has 0 aromatic carbocycles. The van der Waals surface area contributed by atoms with Crippen molar-refractivity contribution in [1.82, 2.24) is 0 Å². The van der Waals surface area contributed by atoms with E-state index in [1.807, 2.05) is 0 Å². The second-order valence-electron chi connectivity index (χ2n) is 1.25. The second kappa shape index (κ2) is 109. The molecule has 0 aliphatic rings. The third kappa shape index (κ3) is 24200. The summed E-state index contributed by atoms with van der Waals surface area (Å²) >= 11 is 0. The van der Waals surface area contributed by atoms with Gasteiger partial charge < -0.3 is 97.6 Å². The molecule has 0 heterocycles. The van der Waals surface area contributed by atoms with Crippen LogP contribution in [0, 0.1) is 0 Å². The van der Waals surface area contributed by atoms with Crippen molar-refractivity contribution in [2.45, 2.75) is 0 Å². The average Bonchev–Trinajstić information content (AvgIpc) is 1.94. The minimum Gasteiger partial charge on any atom is -0.870 e. The molecule has 0 aromatic heterocycles. The summed E-state index contributed by atoms with van der Waals surface area (Å²) in [6.07, 6.45) is 0. The van der Waals surface area contributed by atoms with Crippen LogP contribution in [0.25, 0.3) is 0 Å². The molecule has 0 saturated carbocycles. The summed E-state index contributed by atoms with van der Waals surface area (Å²) in [5, 5.41) is 0. The Morgan fingerprint density at radius 1 is 0.290 bits per heavy atom. The zero-order valence-corrected chi connectivity index (χ0v) is 25.7. The van der Waals surface area contributed by atoms with Gasteiger partial charge in [-0.2, -0.15) is 0 Å². The number of hydrogen-bond donors (Lipinski definition) is 0. The maximum atomic E-state index is 8.52. The van der Waals surface area contributed by atoms with E-state index in [-0.39, 0.29) is 131 Å². The van der Waals surface area contributed by atoms with Crippen LogP contribution in [0.2, 0.25) is 0 Å². The summed E-state index contributed by atoms with van der Waals surface area (Å²) < 4.78 is 42.6. The van der Waals surface area contributed by atoms with Gasteiger partial charge in [0.2, 0.25) is 0 Å². The van der Waals surface area contributed by atoms with Gasteiger partial charge in [-0.15, -0.1) is 0 Å². The predicted molar refractivity (Wildman–Crippen MR) is 59.1 cm³/mol. The van der Waals surface area contributed by atoms with Gasteiger partial charge in [-0.1, -0.05) is 0 Å². The van der Waals surface area contributed by atoms with Crippen molar-refractivity contribution >= 4 is 97.9 Å². The van der Waals surface area contributed by atoms with Crippen LogP contribution in [0.3, 0.4) is 0 Å². The molecule has 0 spiro atoms. The van der Waals surface area contributed by atoms with E-state index in [1.54, 1.807) is 0 Å². The minimum absolute atomic E-state index is 0. The maximum absolute atomic E-state index is 8.52. The van der Waals surface area contributed by atoms with Gasteiger partial charge in [0, 0.05) is 45.9 Å². The molecule has 0 aromatic rings. The molecule has 31 heavy (non-hydrogen) atoms. The van der Waals surface area contributed by atoms with Crippen molar-refractivity contribution < 1.29 is 149 Å². The molecule has 0 fully saturated rings. The molecule has 5 N–H and O–H groups in total. The summed E-state index contributed by atoms with van der Waals surface area (Å²) in [6, 6.07) is 0. The zero-order chi connectivity index (χ0) is 17.9. The average molecular weight is 711 g/mol. The summed E-state index contributed by atoms with van der Waals surface area (Å²) in [7, 11) is -18.1. The number of hydrogen-bond acceptors (Lipinski definition) is 20. The minimum atomic E-state index is -3.63. The Balaban J connectivity index is -0.00000000595. The SMILES string of the molecule is O=[Si]([O-])[O-].O=[Si]([O-])[O-].O=[Si]([O-])[O-].O=[Si]([O-])[O-].O=[Si]([O-])[O-].[Al+3].[Al+3].[Al+3].[Mn+2].[Mn+2].[Mn+2].[OH-].[OH-].[OH-].[OH-].[OH-]. The van der Waals surface area contributed by atoms with Crippen LogP contribution in [0.5, 0.6) is 0 Å². The van der Waals surface area contributed by atoms with Crippen molar-refractivity contribution in [2.75, 3.05) is 0 Å². The molecule has 0 saturated heterocycles. The Labute approximate surface area is 244 Å². The van der Waals surface area contributed by atoms with E-state index in [9.17, 15) is 0 Å². The molecule has 0 aliphatic heterocycles. The smallest absolute Gasteiger partial charge is 0.870 e. The van der Waals surface area contributed by atoms with Gasteiger partial charge in [0.05, 0.1) is 0 Å². The van der Waals surface area contributed by atoms with Crippen LogP contribution < -0.4 is 48.0 Å². The van der Waals surface area contributed by atoms with Crippen molar-refractivity contribution in [3.63, 3.8) is 0 Å². The van der Waals surface area contributed by atoms with Crippen molar-refractivity contribution in [2.24, 2.45) is 0 Å². The Hall–Kier alpha value is 1.04. The fraction of sp³-hybridized carbons (Fsp3) is 0. The molecular formula is H5Al3Mn3O20Si5. The molecule has 20 nitrogen and oxygen atoms in total. The van der Waals surface area contributed by atoms with Crippen LogP contribution in [0.4, 0.5) is 0 Å².